The largest absolute Gasteiger partial charge is 0.477 e. The van der Waals surface area contributed by atoms with Crippen molar-refractivity contribution in [2.45, 2.75) is 78.9 Å². The van der Waals surface area contributed by atoms with E-state index in [2.05, 4.69) is 18.8 Å². The summed E-state index contributed by atoms with van der Waals surface area (Å²) in [6, 6.07) is 1.78. The number of carbonyl (C=O) groups is 1. The zero-order chi connectivity index (χ0) is 21.3. The molecule has 1 unspecified atom stereocenters. The summed E-state index contributed by atoms with van der Waals surface area (Å²) < 4.78 is 15.9. The highest BCUT2D eigenvalue weighted by atomic mass is 32.1. The first kappa shape index (κ1) is 23.0. The zero-order valence-electron chi connectivity index (χ0n) is 18.2. The van der Waals surface area contributed by atoms with Gasteiger partial charge in [0, 0.05) is 23.8 Å². The van der Waals surface area contributed by atoms with Gasteiger partial charge in [-0.15, -0.1) is 11.3 Å². The van der Waals surface area contributed by atoms with Crippen molar-refractivity contribution in [1.29, 1.82) is 0 Å². The van der Waals surface area contributed by atoms with Crippen LogP contribution in [0.4, 0.5) is 5.69 Å². The molecule has 0 amide bonds. The molecule has 1 saturated carbocycles. The Morgan fingerprint density at radius 1 is 1.29 bits per heavy atom. The summed E-state index contributed by atoms with van der Waals surface area (Å²) in [6.07, 6.45) is 4.07. The van der Waals surface area contributed by atoms with Crippen LogP contribution in [0, 0.1) is 23.2 Å². The van der Waals surface area contributed by atoms with Gasteiger partial charge in [0.2, 0.25) is 0 Å². The van der Waals surface area contributed by atoms with Gasteiger partial charge in [-0.1, -0.05) is 18.8 Å². The first-order valence-corrected chi connectivity index (χ1v) is 13.1. The fourth-order valence-corrected chi connectivity index (χ4v) is 7.88. The van der Waals surface area contributed by atoms with Gasteiger partial charge in [0.05, 0.1) is 10.6 Å². The van der Waals surface area contributed by atoms with Crippen LogP contribution in [0.25, 0.3) is 0 Å². The van der Waals surface area contributed by atoms with Gasteiger partial charge < -0.3 is 14.3 Å². The quantitative estimate of drug-likeness (QED) is 0.431. The maximum absolute atomic E-state index is 14.0. The Kier molecular flexibility index (Phi) is 7.11. The lowest BCUT2D eigenvalue weighted by Gasteiger charge is -2.41. The van der Waals surface area contributed by atoms with Crippen molar-refractivity contribution in [2.24, 2.45) is 11.3 Å². The second kappa shape index (κ2) is 8.64. The minimum absolute atomic E-state index is 0.0497. The second-order valence-corrected chi connectivity index (χ2v) is 13.5. The number of nitrogens with zero attached hydrogens (tertiary/aromatic N) is 1. The van der Waals surface area contributed by atoms with Crippen molar-refractivity contribution in [3.8, 4) is 11.8 Å². The van der Waals surface area contributed by atoms with Gasteiger partial charge in [-0.05, 0) is 72.3 Å². The average molecular weight is 424 g/mol. The number of thiophene rings is 1. The fourth-order valence-electron chi connectivity index (χ4n) is 3.86. The molecule has 0 aromatic carbocycles. The molecule has 4 nitrogen and oxygen atoms in total. The van der Waals surface area contributed by atoms with Crippen molar-refractivity contribution in [3.63, 3.8) is 0 Å². The molecule has 6 heteroatoms. The van der Waals surface area contributed by atoms with Gasteiger partial charge in [0.1, 0.15) is 4.88 Å². The maximum Gasteiger partial charge on any atom is 0.348 e. The molecule has 0 spiro atoms. The number of hydrogen-bond donors (Lipinski definition) is 1. The topological polar surface area (TPSA) is 57.6 Å². The van der Waals surface area contributed by atoms with E-state index >= 15 is 0 Å². The molecule has 0 bridgehead atoms. The van der Waals surface area contributed by atoms with Gasteiger partial charge in [-0.25, -0.2) is 4.79 Å². The lowest BCUT2D eigenvalue weighted by molar-refractivity contribution is 0.0703. The lowest BCUT2D eigenvalue weighted by atomic mass is 9.91. The van der Waals surface area contributed by atoms with Crippen LogP contribution in [-0.2, 0) is 4.57 Å². The normalized spacial score (nSPS) is 22.3. The molecule has 1 aliphatic carbocycles. The summed E-state index contributed by atoms with van der Waals surface area (Å²) in [5.41, 5.74) is 0.524. The summed E-state index contributed by atoms with van der Waals surface area (Å²) in [6.45, 7) is 14.2. The molecule has 28 heavy (non-hydrogen) atoms. The van der Waals surface area contributed by atoms with Gasteiger partial charge in [0.15, 0.2) is 7.29 Å². The molecule has 1 fully saturated rings. The molecule has 0 saturated heterocycles. The minimum Gasteiger partial charge on any atom is -0.477 e. The van der Waals surface area contributed by atoms with Crippen LogP contribution in [0.1, 0.15) is 81.8 Å². The first-order valence-electron chi connectivity index (χ1n) is 10.1. The number of carboxylic acid groups (broad SMARTS) is 1. The van der Waals surface area contributed by atoms with E-state index in [1.165, 1.54) is 11.3 Å². The van der Waals surface area contributed by atoms with Crippen LogP contribution in [0.2, 0.25) is 0 Å². The molecule has 1 N–H and O–H groups in total. The van der Waals surface area contributed by atoms with Crippen LogP contribution in [0.15, 0.2) is 6.07 Å². The van der Waals surface area contributed by atoms with Crippen molar-refractivity contribution in [2.75, 3.05) is 11.3 Å². The lowest BCUT2D eigenvalue weighted by Crippen LogP contribution is -2.34. The van der Waals surface area contributed by atoms with E-state index in [-0.39, 0.29) is 22.0 Å². The first-order chi connectivity index (χ1) is 12.8. The highest BCUT2D eigenvalue weighted by Gasteiger charge is 2.39. The second-order valence-electron chi connectivity index (χ2n) is 9.43. The molecule has 1 heterocycles. The standard InChI is InChI=1S/C22H34NO3PS/c1-15(2)23(27(7,26)17-10-8-16(3)9-11-17)19-14-18(12-13-22(4,5)6)28-20(19)21(24)25/h14-17H,8-11H2,1-7H3,(H,24,25). The monoisotopic (exact) mass is 423 g/mol. The van der Waals surface area contributed by atoms with Crippen molar-refractivity contribution in [1.82, 2.24) is 0 Å². The third-order valence-electron chi connectivity index (χ3n) is 5.29. The smallest absolute Gasteiger partial charge is 0.348 e. The third-order valence-corrected chi connectivity index (χ3v) is 9.73. The third kappa shape index (κ3) is 5.43. The molecule has 0 radical (unpaired) electrons. The van der Waals surface area contributed by atoms with Crippen molar-refractivity contribution in [3.05, 3.63) is 15.8 Å². The van der Waals surface area contributed by atoms with Crippen LogP contribution in [0.3, 0.4) is 0 Å². The van der Waals surface area contributed by atoms with E-state index in [1.807, 2.05) is 52.0 Å². The predicted octanol–water partition coefficient (Wildman–Crippen LogP) is 6.55. The number of hydrogen-bond acceptors (Lipinski definition) is 3. The summed E-state index contributed by atoms with van der Waals surface area (Å²) in [5, 5.41) is 9.79. The average Bonchev–Trinajstić information content (AvgIpc) is 2.96. The highest BCUT2D eigenvalue weighted by molar-refractivity contribution is 7.65. The fraction of sp³-hybridized carbons (Fsp3) is 0.682. The summed E-state index contributed by atoms with van der Waals surface area (Å²) >= 11 is 1.18. The molecule has 1 atom stereocenters. The van der Waals surface area contributed by atoms with Crippen LogP contribution in [0.5, 0.6) is 0 Å². The SMILES string of the molecule is CC1CCC(P(C)(=O)N(c2cc(C#CC(C)(C)C)sc2C(=O)O)C(C)C)CC1. The molecule has 2 rings (SSSR count). The molecule has 1 aromatic heterocycles. The van der Waals surface area contributed by atoms with E-state index in [0.717, 1.165) is 25.7 Å². The summed E-state index contributed by atoms with van der Waals surface area (Å²) in [5.74, 6) is 5.99. The Balaban J connectivity index is 2.50. The summed E-state index contributed by atoms with van der Waals surface area (Å²) in [7, 11) is -2.76. The predicted molar refractivity (Wildman–Crippen MR) is 120 cm³/mol. The molecule has 1 aliphatic rings. The van der Waals surface area contributed by atoms with E-state index < -0.39 is 13.3 Å². The van der Waals surface area contributed by atoms with E-state index in [4.69, 9.17) is 0 Å². The minimum atomic E-state index is -2.76. The Labute approximate surface area is 174 Å². The van der Waals surface area contributed by atoms with Gasteiger partial charge >= 0.3 is 5.97 Å². The molecular weight excluding hydrogens is 389 g/mol. The Bertz CT molecular complexity index is 817. The molecule has 1 aromatic rings. The highest BCUT2D eigenvalue weighted by Crippen LogP contribution is 2.59. The van der Waals surface area contributed by atoms with E-state index in [9.17, 15) is 14.5 Å². The zero-order valence-corrected chi connectivity index (χ0v) is 19.9. The van der Waals surface area contributed by atoms with E-state index in [0.29, 0.717) is 16.5 Å². The maximum atomic E-state index is 14.0. The Morgan fingerprint density at radius 2 is 1.86 bits per heavy atom. The number of aromatic carboxylic acids is 1. The number of rotatable bonds is 5. The Hall–Kier alpha value is -1.24. The van der Waals surface area contributed by atoms with Gasteiger partial charge in [-0.2, -0.15) is 0 Å². The van der Waals surface area contributed by atoms with Crippen molar-refractivity contribution < 1.29 is 14.5 Å². The van der Waals surface area contributed by atoms with Crippen molar-refractivity contribution >= 4 is 30.3 Å². The van der Waals surface area contributed by atoms with Crippen LogP contribution in [-0.4, -0.2) is 29.4 Å². The number of anilines is 1. The van der Waals surface area contributed by atoms with Gasteiger partial charge in [0.25, 0.3) is 0 Å². The van der Waals surface area contributed by atoms with Crippen LogP contribution < -0.4 is 4.67 Å². The molecule has 0 aliphatic heterocycles. The number of carboxylic acids is 1. The summed E-state index contributed by atoms with van der Waals surface area (Å²) in [4.78, 5) is 12.9. The molecular formula is C22H34NO3PS. The van der Waals surface area contributed by atoms with Gasteiger partial charge in [-0.3, -0.25) is 0 Å². The van der Waals surface area contributed by atoms with Crippen LogP contribution >= 0.6 is 18.6 Å². The Morgan fingerprint density at radius 3 is 2.32 bits per heavy atom. The molecule has 156 valence electrons. The van der Waals surface area contributed by atoms with E-state index in [1.54, 1.807) is 0 Å².